The summed E-state index contributed by atoms with van der Waals surface area (Å²) in [6, 6.07) is 11.3. The lowest BCUT2D eigenvalue weighted by Crippen LogP contribution is -2.15. The largest absolute Gasteiger partial charge is 0.330 e. The smallest absolute Gasteiger partial charge is 0.189 e. The number of pyridine rings is 1. The highest BCUT2D eigenvalue weighted by molar-refractivity contribution is 9.10. The summed E-state index contributed by atoms with van der Waals surface area (Å²) in [5, 5.41) is 9.47. The maximum atomic E-state index is 12.6. The average molecular weight is 355 g/mol. The Morgan fingerprint density at radius 1 is 1.36 bits per heavy atom. The number of benzene rings is 1. The zero-order valence-corrected chi connectivity index (χ0v) is 13.3. The molecule has 6 heteroatoms. The monoisotopic (exact) mass is 354 g/mol. The van der Waals surface area contributed by atoms with Crippen LogP contribution in [-0.2, 0) is 7.05 Å². The van der Waals surface area contributed by atoms with Crippen molar-refractivity contribution in [2.75, 3.05) is 0 Å². The van der Waals surface area contributed by atoms with Crippen LogP contribution in [0, 0.1) is 11.3 Å². The van der Waals surface area contributed by atoms with Gasteiger partial charge >= 0.3 is 0 Å². The maximum absolute atomic E-state index is 12.6. The molecule has 3 aromatic rings. The number of nitriles is 1. The van der Waals surface area contributed by atoms with Gasteiger partial charge in [-0.05, 0) is 34.1 Å². The Morgan fingerprint density at radius 3 is 2.82 bits per heavy atom. The van der Waals surface area contributed by atoms with Crippen LogP contribution in [-0.4, -0.2) is 20.3 Å². The van der Waals surface area contributed by atoms with Crippen LogP contribution in [0.15, 0.2) is 47.2 Å². The minimum Gasteiger partial charge on any atom is -0.330 e. The SMILES string of the molecule is Cn1c([C@@H](C#N)C(=O)c2cncc(Br)c2)nc2ccccc21. The van der Waals surface area contributed by atoms with E-state index in [-0.39, 0.29) is 5.78 Å². The molecule has 1 atom stereocenters. The van der Waals surface area contributed by atoms with Gasteiger partial charge in [0.25, 0.3) is 0 Å². The van der Waals surface area contributed by atoms with Gasteiger partial charge in [-0.15, -0.1) is 0 Å². The summed E-state index contributed by atoms with van der Waals surface area (Å²) >= 11 is 3.28. The highest BCUT2D eigenvalue weighted by Gasteiger charge is 2.27. The van der Waals surface area contributed by atoms with E-state index < -0.39 is 5.92 Å². The van der Waals surface area contributed by atoms with Gasteiger partial charge in [0, 0.05) is 29.5 Å². The van der Waals surface area contributed by atoms with E-state index in [1.807, 2.05) is 24.3 Å². The third-order valence-corrected chi connectivity index (χ3v) is 3.89. The van der Waals surface area contributed by atoms with Crippen LogP contribution >= 0.6 is 15.9 Å². The topological polar surface area (TPSA) is 71.6 Å². The summed E-state index contributed by atoms with van der Waals surface area (Å²) in [6.07, 6.45) is 3.05. The molecule has 2 heterocycles. The second kappa shape index (κ2) is 5.70. The lowest BCUT2D eigenvalue weighted by molar-refractivity contribution is 0.0975. The molecule has 0 radical (unpaired) electrons. The molecule has 1 aromatic carbocycles. The Balaban J connectivity index is 2.09. The Morgan fingerprint density at radius 2 is 2.14 bits per heavy atom. The third kappa shape index (κ3) is 2.40. The van der Waals surface area contributed by atoms with Crippen molar-refractivity contribution in [1.29, 1.82) is 5.26 Å². The molecule has 0 aliphatic heterocycles. The summed E-state index contributed by atoms with van der Waals surface area (Å²) < 4.78 is 2.48. The minimum absolute atomic E-state index is 0.310. The van der Waals surface area contributed by atoms with Crippen LogP contribution in [0.25, 0.3) is 11.0 Å². The normalized spacial score (nSPS) is 12.0. The Hall–Kier alpha value is -2.52. The summed E-state index contributed by atoms with van der Waals surface area (Å²) in [5.74, 6) is -0.836. The minimum atomic E-state index is -0.964. The highest BCUT2D eigenvalue weighted by atomic mass is 79.9. The number of carbonyl (C=O) groups excluding carboxylic acids is 1. The van der Waals surface area contributed by atoms with Gasteiger partial charge in [0.05, 0.1) is 17.1 Å². The van der Waals surface area contributed by atoms with Crippen molar-refractivity contribution in [1.82, 2.24) is 14.5 Å². The van der Waals surface area contributed by atoms with Gasteiger partial charge in [-0.1, -0.05) is 12.1 Å². The standard InChI is InChI=1S/C16H11BrN4O/c1-21-14-5-3-2-4-13(14)20-16(21)12(7-18)15(22)10-6-11(17)9-19-8-10/h2-6,8-9,12H,1H3/t12-/m0/s1. The van der Waals surface area contributed by atoms with Crippen LogP contribution in [0.1, 0.15) is 22.1 Å². The van der Waals surface area contributed by atoms with Crippen LogP contribution in [0.3, 0.4) is 0 Å². The number of para-hydroxylation sites is 2. The number of rotatable bonds is 3. The zero-order valence-electron chi connectivity index (χ0n) is 11.7. The van der Waals surface area contributed by atoms with E-state index in [9.17, 15) is 10.1 Å². The lowest BCUT2D eigenvalue weighted by Gasteiger charge is -2.08. The number of halogens is 1. The number of carbonyl (C=O) groups is 1. The van der Waals surface area contributed by atoms with Crippen LogP contribution in [0.5, 0.6) is 0 Å². The van der Waals surface area contributed by atoms with Crippen molar-refractivity contribution in [3.05, 3.63) is 58.6 Å². The second-order valence-electron chi connectivity index (χ2n) is 4.84. The molecule has 0 saturated carbocycles. The fourth-order valence-electron chi connectivity index (χ4n) is 2.37. The number of fused-ring (bicyclic) bond motifs is 1. The zero-order chi connectivity index (χ0) is 15.7. The first kappa shape index (κ1) is 14.4. The second-order valence-corrected chi connectivity index (χ2v) is 5.75. The van der Waals surface area contributed by atoms with E-state index in [0.717, 1.165) is 11.0 Å². The molecule has 0 aliphatic carbocycles. The summed E-state index contributed by atoms with van der Waals surface area (Å²) in [4.78, 5) is 21.0. The fourth-order valence-corrected chi connectivity index (χ4v) is 2.73. The van der Waals surface area contributed by atoms with Gasteiger partial charge in [-0.25, -0.2) is 4.98 Å². The number of hydrogen-bond acceptors (Lipinski definition) is 4. The van der Waals surface area contributed by atoms with E-state index in [4.69, 9.17) is 0 Å². The molecule has 3 rings (SSSR count). The van der Waals surface area contributed by atoms with Crippen molar-refractivity contribution < 1.29 is 4.79 Å². The Labute approximate surface area is 135 Å². The van der Waals surface area contributed by atoms with E-state index >= 15 is 0 Å². The molecular weight excluding hydrogens is 344 g/mol. The van der Waals surface area contributed by atoms with Gasteiger partial charge in [0.1, 0.15) is 5.82 Å². The van der Waals surface area contributed by atoms with Gasteiger partial charge in [0.15, 0.2) is 11.7 Å². The fraction of sp³-hybridized carbons (Fsp3) is 0.125. The summed E-state index contributed by atoms with van der Waals surface area (Å²) in [7, 11) is 1.81. The van der Waals surface area contributed by atoms with Gasteiger partial charge in [0.2, 0.25) is 0 Å². The Kier molecular flexibility index (Phi) is 3.73. The first-order chi connectivity index (χ1) is 10.6. The van der Waals surface area contributed by atoms with Crippen molar-refractivity contribution in [3.63, 3.8) is 0 Å². The molecule has 22 heavy (non-hydrogen) atoms. The first-order valence-electron chi connectivity index (χ1n) is 6.57. The number of imidazole rings is 1. The molecule has 0 unspecified atom stereocenters. The van der Waals surface area contributed by atoms with Gasteiger partial charge in [-0.2, -0.15) is 5.26 Å². The van der Waals surface area contributed by atoms with Crippen molar-refractivity contribution >= 4 is 32.7 Å². The number of aryl methyl sites for hydroxylation is 1. The average Bonchev–Trinajstić information content (AvgIpc) is 2.85. The molecule has 2 aromatic heterocycles. The molecule has 0 saturated heterocycles. The molecule has 0 aliphatic rings. The van der Waals surface area contributed by atoms with E-state index in [1.54, 1.807) is 23.9 Å². The molecule has 108 valence electrons. The number of nitrogens with zero attached hydrogens (tertiary/aromatic N) is 4. The molecule has 5 nitrogen and oxygen atoms in total. The van der Waals surface area contributed by atoms with Crippen molar-refractivity contribution in [2.45, 2.75) is 5.92 Å². The molecule has 0 spiro atoms. The van der Waals surface area contributed by atoms with E-state index in [0.29, 0.717) is 15.9 Å². The van der Waals surface area contributed by atoms with E-state index in [2.05, 4.69) is 32.0 Å². The molecule has 0 amide bonds. The van der Waals surface area contributed by atoms with Crippen molar-refractivity contribution in [2.24, 2.45) is 7.05 Å². The summed E-state index contributed by atoms with van der Waals surface area (Å²) in [6.45, 7) is 0. The number of ketones is 1. The van der Waals surface area contributed by atoms with E-state index in [1.165, 1.54) is 6.20 Å². The van der Waals surface area contributed by atoms with Crippen molar-refractivity contribution in [3.8, 4) is 6.07 Å². The third-order valence-electron chi connectivity index (χ3n) is 3.46. The number of hydrogen-bond donors (Lipinski definition) is 0. The predicted octanol–water partition coefficient (Wildman–Crippen LogP) is 3.22. The molecule has 0 fully saturated rings. The number of Topliss-reactive ketones (excluding diaryl/α,β-unsaturated/α-hetero) is 1. The summed E-state index contributed by atoms with van der Waals surface area (Å²) in [5.41, 5.74) is 2.03. The lowest BCUT2D eigenvalue weighted by atomic mass is 9.99. The molecular formula is C16H11BrN4O. The Bertz CT molecular complexity index is 910. The predicted molar refractivity (Wildman–Crippen MR) is 85.3 cm³/mol. The van der Waals surface area contributed by atoms with Crippen LogP contribution < -0.4 is 0 Å². The molecule has 0 bridgehead atoms. The van der Waals surface area contributed by atoms with Crippen LogP contribution in [0.2, 0.25) is 0 Å². The number of aromatic nitrogens is 3. The highest BCUT2D eigenvalue weighted by Crippen LogP contribution is 2.24. The maximum Gasteiger partial charge on any atom is 0.189 e. The quantitative estimate of drug-likeness (QED) is 0.677. The van der Waals surface area contributed by atoms with Gasteiger partial charge in [-0.3, -0.25) is 9.78 Å². The first-order valence-corrected chi connectivity index (χ1v) is 7.37. The molecule has 0 N–H and O–H groups in total. The van der Waals surface area contributed by atoms with Gasteiger partial charge < -0.3 is 4.57 Å². The van der Waals surface area contributed by atoms with Crippen LogP contribution in [0.4, 0.5) is 0 Å².